The molecule has 1 aromatic rings. The molecule has 0 spiro atoms. The Bertz CT molecular complexity index is 675. The minimum absolute atomic E-state index is 0.0828. The van der Waals surface area contributed by atoms with Crippen molar-refractivity contribution in [2.75, 3.05) is 26.2 Å². The van der Waals surface area contributed by atoms with Gasteiger partial charge in [-0.3, -0.25) is 4.79 Å². The Kier molecular flexibility index (Phi) is 4.92. The molecule has 1 aliphatic heterocycles. The highest BCUT2D eigenvalue weighted by molar-refractivity contribution is 7.89. The minimum Gasteiger partial charge on any atom is -0.340 e. The second kappa shape index (κ2) is 6.38. The van der Waals surface area contributed by atoms with Crippen molar-refractivity contribution < 1.29 is 13.2 Å². The van der Waals surface area contributed by atoms with Gasteiger partial charge in [0.2, 0.25) is 15.9 Å². The molecule has 0 unspecified atom stereocenters. The lowest BCUT2D eigenvalue weighted by atomic mass is 10.1. The molecule has 1 saturated heterocycles. The number of amides is 1. The smallest absolute Gasteiger partial charge is 0.243 e. The Hall–Kier alpha value is -1.40. The number of aryl methyl sites for hydroxylation is 3. The van der Waals surface area contributed by atoms with E-state index in [4.69, 9.17) is 0 Å². The second-order valence-electron chi connectivity index (χ2n) is 5.84. The molecule has 0 N–H and O–H groups in total. The number of nitrogens with zero attached hydrogens (tertiary/aromatic N) is 2. The first-order valence-electron chi connectivity index (χ1n) is 7.63. The van der Waals surface area contributed by atoms with Crippen molar-refractivity contribution in [3.05, 3.63) is 28.8 Å². The number of sulfonamides is 1. The monoisotopic (exact) mass is 324 g/mol. The van der Waals surface area contributed by atoms with Crippen LogP contribution in [0.25, 0.3) is 0 Å². The zero-order chi connectivity index (χ0) is 16.5. The van der Waals surface area contributed by atoms with Gasteiger partial charge in [0.1, 0.15) is 0 Å². The van der Waals surface area contributed by atoms with Crippen LogP contribution in [0.15, 0.2) is 17.0 Å². The Morgan fingerprint density at radius 3 is 2.09 bits per heavy atom. The maximum atomic E-state index is 12.8. The van der Waals surface area contributed by atoms with Gasteiger partial charge in [-0.15, -0.1) is 0 Å². The molecule has 0 bridgehead atoms. The summed E-state index contributed by atoms with van der Waals surface area (Å²) < 4.78 is 27.2. The molecular weight excluding hydrogens is 300 g/mol. The molecule has 0 aliphatic carbocycles. The quantitative estimate of drug-likeness (QED) is 0.853. The summed E-state index contributed by atoms with van der Waals surface area (Å²) in [6.07, 6.45) is 0.461. The van der Waals surface area contributed by atoms with Gasteiger partial charge in [-0.2, -0.15) is 4.31 Å². The van der Waals surface area contributed by atoms with Crippen LogP contribution in [0.1, 0.15) is 30.0 Å². The lowest BCUT2D eigenvalue weighted by Crippen LogP contribution is -2.50. The van der Waals surface area contributed by atoms with Gasteiger partial charge < -0.3 is 4.90 Å². The molecule has 1 aromatic carbocycles. The molecule has 6 heteroatoms. The largest absolute Gasteiger partial charge is 0.340 e. The van der Waals surface area contributed by atoms with Gasteiger partial charge in [-0.25, -0.2) is 8.42 Å². The number of piperazine rings is 1. The van der Waals surface area contributed by atoms with E-state index in [2.05, 4.69) is 0 Å². The molecule has 1 amide bonds. The van der Waals surface area contributed by atoms with E-state index in [0.717, 1.165) is 16.7 Å². The molecule has 1 aliphatic rings. The lowest BCUT2D eigenvalue weighted by Gasteiger charge is -2.34. The van der Waals surface area contributed by atoms with Crippen LogP contribution in [0.4, 0.5) is 0 Å². The zero-order valence-corrected chi connectivity index (χ0v) is 14.5. The van der Waals surface area contributed by atoms with E-state index < -0.39 is 10.0 Å². The van der Waals surface area contributed by atoms with Crippen LogP contribution in [0, 0.1) is 20.8 Å². The normalized spacial score (nSPS) is 16.8. The van der Waals surface area contributed by atoms with Gasteiger partial charge in [0.05, 0.1) is 4.90 Å². The predicted molar refractivity (Wildman–Crippen MR) is 86.3 cm³/mol. The molecule has 2 rings (SSSR count). The molecule has 22 heavy (non-hydrogen) atoms. The summed E-state index contributed by atoms with van der Waals surface area (Å²) in [7, 11) is -3.49. The number of hydrogen-bond donors (Lipinski definition) is 0. The molecule has 0 aromatic heterocycles. The van der Waals surface area contributed by atoms with Crippen LogP contribution in [0.5, 0.6) is 0 Å². The SMILES string of the molecule is CCC(=O)N1CCN(S(=O)(=O)c2cc(C)c(C)cc2C)CC1. The van der Waals surface area contributed by atoms with Crippen LogP contribution in [-0.4, -0.2) is 49.7 Å². The fourth-order valence-corrected chi connectivity index (χ4v) is 4.47. The summed E-state index contributed by atoms with van der Waals surface area (Å²) in [6.45, 7) is 9.21. The highest BCUT2D eigenvalue weighted by atomic mass is 32.2. The summed E-state index contributed by atoms with van der Waals surface area (Å²) in [6, 6.07) is 3.67. The number of carbonyl (C=O) groups excluding carboxylic acids is 1. The predicted octanol–water partition coefficient (Wildman–Crippen LogP) is 1.85. The molecule has 0 saturated carbocycles. The molecule has 5 nitrogen and oxygen atoms in total. The molecule has 0 atom stereocenters. The van der Waals surface area contributed by atoms with Gasteiger partial charge in [0, 0.05) is 32.6 Å². The highest BCUT2D eigenvalue weighted by Crippen LogP contribution is 2.24. The third kappa shape index (κ3) is 3.17. The van der Waals surface area contributed by atoms with Gasteiger partial charge in [-0.1, -0.05) is 13.0 Å². The average molecular weight is 324 g/mol. The number of benzene rings is 1. The van der Waals surface area contributed by atoms with E-state index in [0.29, 0.717) is 37.5 Å². The average Bonchev–Trinajstić information content (AvgIpc) is 2.50. The minimum atomic E-state index is -3.49. The van der Waals surface area contributed by atoms with Crippen molar-refractivity contribution in [3.8, 4) is 0 Å². The number of carbonyl (C=O) groups is 1. The Labute approximate surface area is 133 Å². The lowest BCUT2D eigenvalue weighted by molar-refractivity contribution is -0.132. The van der Waals surface area contributed by atoms with E-state index >= 15 is 0 Å². The maximum absolute atomic E-state index is 12.8. The van der Waals surface area contributed by atoms with E-state index in [1.165, 1.54) is 4.31 Å². The Morgan fingerprint density at radius 1 is 1.00 bits per heavy atom. The van der Waals surface area contributed by atoms with E-state index in [9.17, 15) is 13.2 Å². The fraction of sp³-hybridized carbons (Fsp3) is 0.562. The summed E-state index contributed by atoms with van der Waals surface area (Å²) in [5, 5.41) is 0. The summed E-state index contributed by atoms with van der Waals surface area (Å²) in [5.74, 6) is 0.0828. The standard InChI is InChI=1S/C16H24N2O3S/c1-5-16(19)17-6-8-18(9-7-17)22(20,21)15-11-13(3)12(2)10-14(15)4/h10-11H,5-9H2,1-4H3. The van der Waals surface area contributed by atoms with E-state index in [1.54, 1.807) is 11.0 Å². The van der Waals surface area contributed by atoms with Crippen molar-refractivity contribution in [1.29, 1.82) is 0 Å². The topological polar surface area (TPSA) is 57.7 Å². The van der Waals surface area contributed by atoms with Crippen molar-refractivity contribution in [1.82, 2.24) is 9.21 Å². The summed E-state index contributed by atoms with van der Waals surface area (Å²) >= 11 is 0. The summed E-state index contributed by atoms with van der Waals surface area (Å²) in [5.41, 5.74) is 2.84. The molecule has 122 valence electrons. The van der Waals surface area contributed by atoms with Crippen LogP contribution in [0.2, 0.25) is 0 Å². The Morgan fingerprint density at radius 2 is 1.55 bits per heavy atom. The van der Waals surface area contributed by atoms with Crippen LogP contribution >= 0.6 is 0 Å². The first-order chi connectivity index (χ1) is 10.3. The third-order valence-corrected chi connectivity index (χ3v) is 6.34. The number of rotatable bonds is 3. The number of hydrogen-bond acceptors (Lipinski definition) is 3. The molecule has 0 radical (unpaired) electrons. The summed E-state index contributed by atoms with van der Waals surface area (Å²) in [4.78, 5) is 13.8. The molecular formula is C16H24N2O3S. The Balaban J connectivity index is 2.22. The van der Waals surface area contributed by atoms with Crippen molar-refractivity contribution in [2.24, 2.45) is 0 Å². The third-order valence-electron chi connectivity index (χ3n) is 4.30. The van der Waals surface area contributed by atoms with E-state index in [-0.39, 0.29) is 5.91 Å². The molecule has 1 fully saturated rings. The van der Waals surface area contributed by atoms with Gasteiger partial charge in [-0.05, 0) is 43.5 Å². The van der Waals surface area contributed by atoms with Gasteiger partial charge >= 0.3 is 0 Å². The van der Waals surface area contributed by atoms with Crippen molar-refractivity contribution in [2.45, 2.75) is 39.0 Å². The first-order valence-corrected chi connectivity index (χ1v) is 9.07. The highest BCUT2D eigenvalue weighted by Gasteiger charge is 2.30. The second-order valence-corrected chi connectivity index (χ2v) is 7.75. The van der Waals surface area contributed by atoms with Crippen LogP contribution in [-0.2, 0) is 14.8 Å². The van der Waals surface area contributed by atoms with Gasteiger partial charge in [0.15, 0.2) is 0 Å². The van der Waals surface area contributed by atoms with Crippen LogP contribution in [0.3, 0.4) is 0 Å². The van der Waals surface area contributed by atoms with Gasteiger partial charge in [0.25, 0.3) is 0 Å². The maximum Gasteiger partial charge on any atom is 0.243 e. The van der Waals surface area contributed by atoms with Crippen molar-refractivity contribution >= 4 is 15.9 Å². The zero-order valence-electron chi connectivity index (χ0n) is 13.7. The van der Waals surface area contributed by atoms with Crippen molar-refractivity contribution in [3.63, 3.8) is 0 Å². The fourth-order valence-electron chi connectivity index (χ4n) is 2.75. The van der Waals surface area contributed by atoms with E-state index in [1.807, 2.05) is 33.8 Å². The first kappa shape index (κ1) is 17.0. The molecule has 1 heterocycles. The van der Waals surface area contributed by atoms with Crippen LogP contribution < -0.4 is 0 Å².